The van der Waals surface area contributed by atoms with Gasteiger partial charge >= 0.3 is 71.4 Å². The molecule has 10 heavy (non-hydrogen) atoms. The quantitative estimate of drug-likeness (QED) is 0.536. The first kappa shape index (κ1) is 10.5. The molecule has 5 heteroatoms. The summed E-state index contributed by atoms with van der Waals surface area (Å²) in [4.78, 5) is 0.486. The van der Waals surface area contributed by atoms with Crippen LogP contribution in [0.5, 0.6) is 0 Å². The van der Waals surface area contributed by atoms with Gasteiger partial charge in [-0.2, -0.15) is 0 Å². The molecule has 1 unspecified atom stereocenters. The van der Waals surface area contributed by atoms with Gasteiger partial charge in [0.15, 0.2) is 0 Å². The van der Waals surface area contributed by atoms with E-state index in [9.17, 15) is 3.87 Å². The summed E-state index contributed by atoms with van der Waals surface area (Å²) in [6.07, 6.45) is 0. The first-order valence-electron chi connectivity index (χ1n) is 2.66. The molecule has 0 saturated heterocycles. The third kappa shape index (κ3) is 4.35. The Morgan fingerprint density at radius 2 is 2.40 bits per heavy atom. The number of rotatable bonds is 4. The predicted octanol–water partition coefficient (Wildman–Crippen LogP) is 1.55. The van der Waals surface area contributed by atoms with Crippen LogP contribution in [0.4, 0.5) is 0 Å². The average molecular weight is 226 g/mol. The number of hydrogen-bond donors (Lipinski definition) is 0. The van der Waals surface area contributed by atoms with E-state index in [-0.39, 0.29) is 0 Å². The number of halogens is 1. The van der Waals surface area contributed by atoms with Gasteiger partial charge in [-0.1, -0.05) is 0 Å². The molecule has 0 aliphatic carbocycles. The monoisotopic (exact) mass is 225 g/mol. The molecule has 0 aliphatic heterocycles. The molecule has 0 bridgehead atoms. The Kier molecular flexibility index (Phi) is 5.47. The van der Waals surface area contributed by atoms with E-state index in [4.69, 9.17) is 15.5 Å². The molecule has 0 N–H and O–H groups in total. The number of hydrogen-bond acceptors (Lipinski definition) is 2. The topological polar surface area (TPSA) is 26.3 Å². The van der Waals surface area contributed by atoms with E-state index < -0.39 is 21.9 Å². The standard InChI is InChI=1S/C3H5.C2H6ClOSi.Co.O/c1-3-2;1-4-5(2)3;;/h1H2,2H3;5H,2H2,1H3;;. The molecule has 0 radical (unpaired) electrons. The van der Waals surface area contributed by atoms with Gasteiger partial charge in [-0.25, -0.2) is 0 Å². The van der Waals surface area contributed by atoms with Crippen molar-refractivity contribution in [3.05, 3.63) is 11.1 Å². The van der Waals surface area contributed by atoms with Gasteiger partial charge in [-0.3, -0.25) is 0 Å². The molecule has 1 atom stereocenters. The molecule has 0 aliphatic rings. The van der Waals surface area contributed by atoms with Gasteiger partial charge in [0.1, 0.15) is 0 Å². The van der Waals surface area contributed by atoms with Crippen molar-refractivity contribution >= 4 is 19.4 Å². The van der Waals surface area contributed by atoms with Crippen LogP contribution in [0.15, 0.2) is 11.1 Å². The zero-order chi connectivity index (χ0) is 8.15. The van der Waals surface area contributed by atoms with Crippen molar-refractivity contribution in [2.75, 3.05) is 7.11 Å². The molecule has 0 aromatic heterocycles. The van der Waals surface area contributed by atoms with Crippen LogP contribution >= 0.6 is 11.1 Å². The fourth-order valence-electron chi connectivity index (χ4n) is 0.269. The van der Waals surface area contributed by atoms with Crippen LogP contribution < -0.4 is 0 Å². The minimum atomic E-state index is -1.67. The van der Waals surface area contributed by atoms with E-state index >= 15 is 0 Å². The molecule has 63 valence electrons. The van der Waals surface area contributed by atoms with Crippen LogP contribution in [0.25, 0.3) is 0 Å². The van der Waals surface area contributed by atoms with Crippen LogP contribution in [0.1, 0.15) is 6.92 Å². The van der Waals surface area contributed by atoms with Crippen molar-refractivity contribution in [1.82, 2.24) is 0 Å². The summed E-state index contributed by atoms with van der Waals surface area (Å²) in [5, 5.41) is 0. The van der Waals surface area contributed by atoms with Gasteiger partial charge in [0.25, 0.3) is 0 Å². The van der Waals surface area contributed by atoms with Crippen LogP contribution in [0.2, 0.25) is 4.98 Å². The Balaban J connectivity index is 3.68. The van der Waals surface area contributed by atoms with E-state index in [2.05, 4.69) is 6.58 Å². The molecule has 0 fully saturated rings. The second kappa shape index (κ2) is 5.20. The Morgan fingerprint density at radius 3 is 2.70 bits per heavy atom. The van der Waals surface area contributed by atoms with E-state index in [1.165, 1.54) is 0 Å². The molecule has 0 spiro atoms. The first-order valence-corrected chi connectivity index (χ1v) is 7.38. The SMILES string of the molecule is C=[C](C)[Co](=[O])[CH2][SiH](Cl)OC. The predicted molar refractivity (Wildman–Crippen MR) is 40.3 cm³/mol. The molecular weight excluding hydrogens is 215 g/mol. The van der Waals surface area contributed by atoms with Crippen LogP contribution in [-0.2, 0) is 21.9 Å². The summed E-state index contributed by atoms with van der Waals surface area (Å²) < 4.78 is 16.6. The summed E-state index contributed by atoms with van der Waals surface area (Å²) >= 11 is 4.39. The third-order valence-electron chi connectivity index (χ3n) is 0.804. The van der Waals surface area contributed by atoms with Crippen LogP contribution in [0, 0.1) is 0 Å². The van der Waals surface area contributed by atoms with E-state index in [0.717, 1.165) is 0 Å². The summed E-state index contributed by atoms with van der Waals surface area (Å²) in [6.45, 7) is 5.31. The van der Waals surface area contributed by atoms with Crippen LogP contribution in [-0.4, -0.2) is 15.5 Å². The van der Waals surface area contributed by atoms with Gasteiger partial charge in [0.2, 0.25) is 0 Å². The zero-order valence-corrected chi connectivity index (χ0v) is 8.97. The Labute approximate surface area is 71.6 Å². The van der Waals surface area contributed by atoms with Crippen molar-refractivity contribution in [2.24, 2.45) is 0 Å². The third-order valence-corrected chi connectivity index (χ3v) is 6.73. The second-order valence-corrected chi connectivity index (χ2v) is 7.77. The Hall–Kier alpha value is 0.513. The minimum absolute atomic E-state index is 0.486. The van der Waals surface area contributed by atoms with Crippen molar-refractivity contribution in [3.63, 3.8) is 0 Å². The molecule has 0 aromatic rings. The van der Waals surface area contributed by atoms with Gasteiger partial charge in [0, 0.05) is 0 Å². The normalized spacial score (nSPS) is 14.5. The van der Waals surface area contributed by atoms with Crippen molar-refractivity contribution in [3.8, 4) is 0 Å². The van der Waals surface area contributed by atoms with Crippen molar-refractivity contribution in [1.29, 1.82) is 0 Å². The van der Waals surface area contributed by atoms with Gasteiger partial charge in [0.05, 0.1) is 0 Å². The average Bonchev–Trinajstić information content (AvgIpc) is 1.87. The summed E-state index contributed by atoms with van der Waals surface area (Å²) in [6, 6.07) is 0. The molecular formula is C5H11ClCoO2Si. The van der Waals surface area contributed by atoms with Crippen molar-refractivity contribution < 1.29 is 21.9 Å². The van der Waals surface area contributed by atoms with Gasteiger partial charge in [-0.15, -0.1) is 0 Å². The molecule has 0 heterocycles. The Morgan fingerprint density at radius 1 is 1.90 bits per heavy atom. The van der Waals surface area contributed by atoms with E-state index in [1.54, 1.807) is 14.0 Å². The second-order valence-electron chi connectivity index (χ2n) is 1.70. The maximum absolute atomic E-state index is 11.0. The van der Waals surface area contributed by atoms with E-state index in [1.807, 2.05) is 0 Å². The van der Waals surface area contributed by atoms with Crippen LogP contribution in [0.3, 0.4) is 0 Å². The van der Waals surface area contributed by atoms with E-state index in [0.29, 0.717) is 9.49 Å². The zero-order valence-electron chi connectivity index (χ0n) is 6.02. The molecule has 0 saturated carbocycles. The van der Waals surface area contributed by atoms with Crippen molar-refractivity contribution in [2.45, 2.75) is 11.9 Å². The van der Waals surface area contributed by atoms with Gasteiger partial charge < -0.3 is 0 Å². The summed E-state index contributed by atoms with van der Waals surface area (Å²) in [7, 11) is -0.122. The number of allylic oxidation sites excluding steroid dienone is 1. The molecule has 2 nitrogen and oxygen atoms in total. The first-order chi connectivity index (χ1) is 4.57. The summed E-state index contributed by atoms with van der Waals surface area (Å²) in [5.74, 6) is 0. The Bertz CT molecular complexity index is 151. The fraction of sp³-hybridized carbons (Fsp3) is 0.600. The van der Waals surface area contributed by atoms with Gasteiger partial charge in [-0.05, 0) is 0 Å². The maximum atomic E-state index is 11.0. The molecule has 0 aromatic carbocycles. The molecule has 0 amide bonds. The summed E-state index contributed by atoms with van der Waals surface area (Å²) in [5.41, 5.74) is 0. The fourth-order valence-corrected chi connectivity index (χ4v) is 4.48. The molecule has 0 rings (SSSR count).